The van der Waals surface area contributed by atoms with Gasteiger partial charge in [-0.1, -0.05) is 12.1 Å². The summed E-state index contributed by atoms with van der Waals surface area (Å²) < 4.78 is 15.9. The van der Waals surface area contributed by atoms with Crippen molar-refractivity contribution in [3.8, 4) is 5.75 Å². The van der Waals surface area contributed by atoms with Crippen LogP contribution in [0.3, 0.4) is 0 Å². The topological polar surface area (TPSA) is 39.7 Å². The molecule has 0 aliphatic rings. The van der Waals surface area contributed by atoms with E-state index >= 15 is 0 Å². The molecule has 0 aliphatic carbocycles. The quantitative estimate of drug-likeness (QED) is 0.660. The van der Waals surface area contributed by atoms with Crippen LogP contribution in [0.15, 0.2) is 24.3 Å². The summed E-state index contributed by atoms with van der Waals surface area (Å²) in [6.45, 7) is 7.75. The maximum absolute atomic E-state index is 5.60. The highest BCUT2D eigenvalue weighted by Gasteiger charge is 1.98. The Morgan fingerprint density at radius 2 is 1.79 bits per heavy atom. The molecule has 0 bridgehead atoms. The summed E-state index contributed by atoms with van der Waals surface area (Å²) in [4.78, 5) is 0. The summed E-state index contributed by atoms with van der Waals surface area (Å²) in [7, 11) is 1.67. The van der Waals surface area contributed by atoms with Crippen LogP contribution in [-0.4, -0.2) is 39.6 Å². The molecule has 19 heavy (non-hydrogen) atoms. The van der Waals surface area contributed by atoms with Crippen molar-refractivity contribution in [1.82, 2.24) is 5.32 Å². The Hall–Kier alpha value is -1.10. The molecule has 1 N–H and O–H groups in total. The third kappa shape index (κ3) is 7.82. The normalized spacial score (nSPS) is 10.9. The molecule has 108 valence electrons. The van der Waals surface area contributed by atoms with E-state index in [1.807, 2.05) is 26.0 Å². The minimum absolute atomic E-state index is 0.216. The number of rotatable bonds is 10. The molecular formula is C15H25NO3. The molecule has 0 unspecified atom stereocenters. The molecule has 0 aromatic heterocycles. The van der Waals surface area contributed by atoms with Crippen LogP contribution in [0.4, 0.5) is 0 Å². The summed E-state index contributed by atoms with van der Waals surface area (Å²) in [5, 5.41) is 3.33. The van der Waals surface area contributed by atoms with Gasteiger partial charge in [-0.3, -0.25) is 0 Å². The molecule has 0 spiro atoms. The number of methoxy groups -OCH3 is 1. The second kappa shape index (κ2) is 9.78. The smallest absolute Gasteiger partial charge is 0.119 e. The van der Waals surface area contributed by atoms with E-state index in [1.54, 1.807) is 7.11 Å². The largest absolute Gasteiger partial charge is 0.491 e. The van der Waals surface area contributed by atoms with Crippen LogP contribution in [-0.2, 0) is 16.0 Å². The van der Waals surface area contributed by atoms with E-state index in [0.717, 1.165) is 18.8 Å². The van der Waals surface area contributed by atoms with Gasteiger partial charge in [0, 0.05) is 20.2 Å². The van der Waals surface area contributed by atoms with Gasteiger partial charge in [0.1, 0.15) is 5.75 Å². The van der Waals surface area contributed by atoms with E-state index in [2.05, 4.69) is 17.4 Å². The maximum atomic E-state index is 5.60. The lowest BCUT2D eigenvalue weighted by molar-refractivity contribution is 0.0719. The first-order valence-corrected chi connectivity index (χ1v) is 6.75. The van der Waals surface area contributed by atoms with Crippen molar-refractivity contribution < 1.29 is 14.2 Å². The highest BCUT2D eigenvalue weighted by molar-refractivity contribution is 5.27. The molecule has 0 amide bonds. The van der Waals surface area contributed by atoms with Gasteiger partial charge in [0.15, 0.2) is 0 Å². The molecule has 1 aromatic rings. The third-order valence-corrected chi connectivity index (χ3v) is 2.48. The standard InChI is InChI=1S/C15H25NO3/c1-13(2)19-15-6-4-14(5-7-15)12-16-8-9-18-11-10-17-3/h4-7,13,16H,8-12H2,1-3H3. The van der Waals surface area contributed by atoms with Crippen molar-refractivity contribution in [2.75, 3.05) is 33.5 Å². The van der Waals surface area contributed by atoms with Gasteiger partial charge in [0.25, 0.3) is 0 Å². The van der Waals surface area contributed by atoms with Crippen LogP contribution in [0.1, 0.15) is 19.4 Å². The maximum Gasteiger partial charge on any atom is 0.119 e. The van der Waals surface area contributed by atoms with Crippen LogP contribution < -0.4 is 10.1 Å². The van der Waals surface area contributed by atoms with Gasteiger partial charge in [0.05, 0.1) is 25.9 Å². The van der Waals surface area contributed by atoms with Gasteiger partial charge in [-0.2, -0.15) is 0 Å². The van der Waals surface area contributed by atoms with Gasteiger partial charge in [0.2, 0.25) is 0 Å². The molecular weight excluding hydrogens is 242 g/mol. The summed E-state index contributed by atoms with van der Waals surface area (Å²) >= 11 is 0. The third-order valence-electron chi connectivity index (χ3n) is 2.48. The average molecular weight is 267 g/mol. The first kappa shape index (κ1) is 16.0. The van der Waals surface area contributed by atoms with Crippen LogP contribution in [0.25, 0.3) is 0 Å². The fourth-order valence-corrected chi connectivity index (χ4v) is 1.58. The van der Waals surface area contributed by atoms with Crippen molar-refractivity contribution in [1.29, 1.82) is 0 Å². The lowest BCUT2D eigenvalue weighted by atomic mass is 10.2. The van der Waals surface area contributed by atoms with E-state index in [0.29, 0.717) is 19.8 Å². The summed E-state index contributed by atoms with van der Waals surface area (Å²) in [5.41, 5.74) is 1.24. The number of benzene rings is 1. The highest BCUT2D eigenvalue weighted by atomic mass is 16.5. The second-order valence-electron chi connectivity index (χ2n) is 4.59. The van der Waals surface area contributed by atoms with Gasteiger partial charge in [-0.05, 0) is 31.5 Å². The fourth-order valence-electron chi connectivity index (χ4n) is 1.58. The Labute approximate surface area is 116 Å². The molecule has 0 saturated carbocycles. The van der Waals surface area contributed by atoms with Crippen LogP contribution >= 0.6 is 0 Å². The van der Waals surface area contributed by atoms with E-state index in [1.165, 1.54) is 5.56 Å². The number of ether oxygens (including phenoxy) is 3. The number of hydrogen-bond acceptors (Lipinski definition) is 4. The number of nitrogens with one attached hydrogen (secondary N) is 1. The lowest BCUT2D eigenvalue weighted by Crippen LogP contribution is -2.20. The first-order valence-electron chi connectivity index (χ1n) is 6.75. The minimum Gasteiger partial charge on any atom is -0.491 e. The van der Waals surface area contributed by atoms with E-state index < -0.39 is 0 Å². The Bertz CT molecular complexity index is 325. The Kier molecular flexibility index (Phi) is 8.21. The Balaban J connectivity index is 2.12. The molecule has 0 heterocycles. The van der Waals surface area contributed by atoms with Crippen molar-refractivity contribution in [2.45, 2.75) is 26.5 Å². The molecule has 1 rings (SSSR count). The van der Waals surface area contributed by atoms with E-state index in [-0.39, 0.29) is 6.10 Å². The zero-order valence-electron chi connectivity index (χ0n) is 12.1. The molecule has 0 fully saturated rings. The van der Waals surface area contributed by atoms with Crippen LogP contribution in [0.5, 0.6) is 5.75 Å². The first-order chi connectivity index (χ1) is 9.22. The van der Waals surface area contributed by atoms with Gasteiger partial charge in [-0.25, -0.2) is 0 Å². The molecule has 4 heteroatoms. The van der Waals surface area contributed by atoms with Crippen LogP contribution in [0.2, 0.25) is 0 Å². The monoisotopic (exact) mass is 267 g/mol. The van der Waals surface area contributed by atoms with Gasteiger partial charge in [-0.15, -0.1) is 0 Å². The summed E-state index contributed by atoms with van der Waals surface area (Å²) in [5.74, 6) is 0.918. The molecule has 0 saturated heterocycles. The van der Waals surface area contributed by atoms with E-state index in [4.69, 9.17) is 14.2 Å². The molecule has 0 radical (unpaired) electrons. The summed E-state index contributed by atoms with van der Waals surface area (Å²) in [6, 6.07) is 8.17. The predicted molar refractivity (Wildman–Crippen MR) is 76.6 cm³/mol. The number of hydrogen-bond donors (Lipinski definition) is 1. The van der Waals surface area contributed by atoms with Crippen molar-refractivity contribution >= 4 is 0 Å². The minimum atomic E-state index is 0.216. The second-order valence-corrected chi connectivity index (χ2v) is 4.59. The highest BCUT2D eigenvalue weighted by Crippen LogP contribution is 2.13. The average Bonchev–Trinajstić information content (AvgIpc) is 2.39. The van der Waals surface area contributed by atoms with Crippen LogP contribution in [0, 0.1) is 0 Å². The van der Waals surface area contributed by atoms with Gasteiger partial charge < -0.3 is 19.5 Å². The van der Waals surface area contributed by atoms with Crippen molar-refractivity contribution in [3.63, 3.8) is 0 Å². The zero-order chi connectivity index (χ0) is 13.9. The zero-order valence-corrected chi connectivity index (χ0v) is 12.1. The molecule has 0 aliphatic heterocycles. The van der Waals surface area contributed by atoms with E-state index in [9.17, 15) is 0 Å². The Morgan fingerprint density at radius 1 is 1.05 bits per heavy atom. The SMILES string of the molecule is COCCOCCNCc1ccc(OC(C)C)cc1. The predicted octanol–water partition coefficient (Wildman–Crippen LogP) is 2.23. The molecule has 4 nitrogen and oxygen atoms in total. The van der Waals surface area contributed by atoms with Gasteiger partial charge >= 0.3 is 0 Å². The molecule has 0 atom stereocenters. The lowest BCUT2D eigenvalue weighted by Gasteiger charge is -2.10. The molecule has 1 aromatic carbocycles. The van der Waals surface area contributed by atoms with Crippen molar-refractivity contribution in [2.24, 2.45) is 0 Å². The summed E-state index contributed by atoms with van der Waals surface area (Å²) in [6.07, 6.45) is 0.216. The Morgan fingerprint density at radius 3 is 2.42 bits per heavy atom. The fraction of sp³-hybridized carbons (Fsp3) is 0.600. The van der Waals surface area contributed by atoms with Crippen molar-refractivity contribution in [3.05, 3.63) is 29.8 Å².